The van der Waals surface area contributed by atoms with Gasteiger partial charge in [-0.25, -0.2) is 0 Å². The van der Waals surface area contributed by atoms with Gasteiger partial charge in [0.2, 0.25) is 0 Å². The van der Waals surface area contributed by atoms with E-state index < -0.39 is 6.10 Å². The van der Waals surface area contributed by atoms with Crippen LogP contribution in [0, 0.1) is 0 Å². The SMILES string of the molecule is CCCCCC=CCC=CCC=CCC=CCCCC(=O)OC[C@@H](COC(=O)CCCCCCCCCCCCCCC)OC(=O)CCCCCCCCCC=CCCCCCCCC. The number of esters is 3. The average molecular weight is 909 g/mol. The number of carbonyl (C=O) groups is 3. The molecule has 0 amide bonds. The number of carbonyl (C=O) groups excluding carboxylic acids is 3. The van der Waals surface area contributed by atoms with Crippen LogP contribution < -0.4 is 0 Å². The number of allylic oxidation sites excluding steroid dienone is 10. The summed E-state index contributed by atoms with van der Waals surface area (Å²) in [5.74, 6) is -0.944. The highest BCUT2D eigenvalue weighted by molar-refractivity contribution is 5.71. The zero-order valence-corrected chi connectivity index (χ0v) is 43.0. The van der Waals surface area contributed by atoms with Gasteiger partial charge in [-0.1, -0.05) is 236 Å². The molecule has 0 N–H and O–H groups in total. The minimum Gasteiger partial charge on any atom is -0.462 e. The third kappa shape index (κ3) is 51.9. The first-order valence-corrected chi connectivity index (χ1v) is 27.8. The van der Waals surface area contributed by atoms with E-state index in [-0.39, 0.29) is 37.5 Å². The van der Waals surface area contributed by atoms with Crippen molar-refractivity contribution in [2.45, 2.75) is 284 Å². The van der Waals surface area contributed by atoms with E-state index in [1.54, 1.807) is 0 Å². The van der Waals surface area contributed by atoms with E-state index in [0.717, 1.165) is 64.2 Å². The summed E-state index contributed by atoms with van der Waals surface area (Å²) >= 11 is 0. The van der Waals surface area contributed by atoms with Gasteiger partial charge in [0.1, 0.15) is 13.2 Å². The summed E-state index contributed by atoms with van der Waals surface area (Å²) in [7, 11) is 0. The van der Waals surface area contributed by atoms with Crippen LogP contribution in [-0.4, -0.2) is 37.2 Å². The molecular weight excluding hydrogens is 805 g/mol. The second-order valence-electron chi connectivity index (χ2n) is 18.5. The molecule has 376 valence electrons. The maximum atomic E-state index is 12.8. The van der Waals surface area contributed by atoms with E-state index in [1.165, 1.54) is 167 Å². The van der Waals surface area contributed by atoms with Crippen LogP contribution in [0.3, 0.4) is 0 Å². The number of hydrogen-bond acceptors (Lipinski definition) is 6. The van der Waals surface area contributed by atoms with Crippen molar-refractivity contribution in [3.8, 4) is 0 Å². The van der Waals surface area contributed by atoms with Crippen molar-refractivity contribution < 1.29 is 28.6 Å². The molecule has 0 unspecified atom stereocenters. The monoisotopic (exact) mass is 909 g/mol. The molecule has 0 fully saturated rings. The number of unbranched alkanes of at least 4 members (excludes halogenated alkanes) is 29. The van der Waals surface area contributed by atoms with Gasteiger partial charge in [0.25, 0.3) is 0 Å². The Labute approximate surface area is 402 Å². The molecule has 0 saturated heterocycles. The fourth-order valence-electron chi connectivity index (χ4n) is 7.78. The lowest BCUT2D eigenvalue weighted by molar-refractivity contribution is -0.167. The molecular formula is C59H104O6. The van der Waals surface area contributed by atoms with Crippen LogP contribution in [0.5, 0.6) is 0 Å². The van der Waals surface area contributed by atoms with Gasteiger partial charge in [-0.3, -0.25) is 14.4 Å². The first-order valence-electron chi connectivity index (χ1n) is 27.8. The van der Waals surface area contributed by atoms with Crippen molar-refractivity contribution in [1.29, 1.82) is 0 Å². The van der Waals surface area contributed by atoms with Gasteiger partial charge in [-0.2, -0.15) is 0 Å². The molecule has 0 rings (SSSR count). The summed E-state index contributed by atoms with van der Waals surface area (Å²) in [6.45, 7) is 6.57. The number of hydrogen-bond donors (Lipinski definition) is 0. The molecule has 0 bridgehead atoms. The molecule has 0 radical (unpaired) electrons. The lowest BCUT2D eigenvalue weighted by Gasteiger charge is -2.18. The molecule has 65 heavy (non-hydrogen) atoms. The van der Waals surface area contributed by atoms with Gasteiger partial charge in [0, 0.05) is 19.3 Å². The van der Waals surface area contributed by atoms with Gasteiger partial charge in [0.15, 0.2) is 6.10 Å². The zero-order valence-electron chi connectivity index (χ0n) is 43.0. The van der Waals surface area contributed by atoms with E-state index in [9.17, 15) is 14.4 Å². The molecule has 0 aliphatic heterocycles. The van der Waals surface area contributed by atoms with Crippen molar-refractivity contribution in [3.63, 3.8) is 0 Å². The van der Waals surface area contributed by atoms with Crippen molar-refractivity contribution in [3.05, 3.63) is 60.8 Å². The van der Waals surface area contributed by atoms with Crippen LogP contribution in [0.15, 0.2) is 60.8 Å². The van der Waals surface area contributed by atoms with Gasteiger partial charge in [-0.15, -0.1) is 0 Å². The van der Waals surface area contributed by atoms with Crippen molar-refractivity contribution in [1.82, 2.24) is 0 Å². The minimum atomic E-state index is -0.796. The number of rotatable bonds is 50. The number of ether oxygens (including phenoxy) is 3. The van der Waals surface area contributed by atoms with Crippen LogP contribution in [0.2, 0.25) is 0 Å². The summed E-state index contributed by atoms with van der Waals surface area (Å²) in [5.41, 5.74) is 0. The topological polar surface area (TPSA) is 78.9 Å². The van der Waals surface area contributed by atoms with Gasteiger partial charge < -0.3 is 14.2 Å². The van der Waals surface area contributed by atoms with E-state index >= 15 is 0 Å². The zero-order chi connectivity index (χ0) is 47.2. The van der Waals surface area contributed by atoms with Crippen molar-refractivity contribution >= 4 is 17.9 Å². The molecule has 0 heterocycles. The molecule has 0 saturated carbocycles. The molecule has 0 aromatic heterocycles. The van der Waals surface area contributed by atoms with Crippen LogP contribution in [0.25, 0.3) is 0 Å². The van der Waals surface area contributed by atoms with Gasteiger partial charge in [0.05, 0.1) is 0 Å². The quantitative estimate of drug-likeness (QED) is 0.0262. The van der Waals surface area contributed by atoms with Crippen LogP contribution in [0.4, 0.5) is 0 Å². The van der Waals surface area contributed by atoms with Crippen LogP contribution >= 0.6 is 0 Å². The molecule has 0 aromatic rings. The summed E-state index contributed by atoms with van der Waals surface area (Å²) in [5, 5.41) is 0. The maximum Gasteiger partial charge on any atom is 0.306 e. The molecule has 1 atom stereocenters. The van der Waals surface area contributed by atoms with E-state index in [1.807, 2.05) is 0 Å². The second kappa shape index (κ2) is 53.7. The average Bonchev–Trinajstić information content (AvgIpc) is 3.30. The molecule has 0 aliphatic rings. The lowest BCUT2D eigenvalue weighted by atomic mass is 10.0. The fraction of sp³-hybridized carbons (Fsp3) is 0.780. The highest BCUT2D eigenvalue weighted by Crippen LogP contribution is 2.15. The van der Waals surface area contributed by atoms with Crippen molar-refractivity contribution in [2.24, 2.45) is 0 Å². The highest BCUT2D eigenvalue weighted by Gasteiger charge is 2.19. The Morgan fingerprint density at radius 1 is 0.308 bits per heavy atom. The summed E-state index contributed by atoms with van der Waals surface area (Å²) in [6.07, 6.45) is 66.4. The Bertz CT molecular complexity index is 1180. The van der Waals surface area contributed by atoms with Crippen LogP contribution in [-0.2, 0) is 28.6 Å². The minimum absolute atomic E-state index is 0.0905. The third-order valence-electron chi connectivity index (χ3n) is 12.0. The van der Waals surface area contributed by atoms with Crippen molar-refractivity contribution in [2.75, 3.05) is 13.2 Å². The van der Waals surface area contributed by atoms with Crippen LogP contribution in [0.1, 0.15) is 278 Å². The Morgan fingerprint density at radius 3 is 0.969 bits per heavy atom. The first kappa shape index (κ1) is 62.1. The Kier molecular flexibility index (Phi) is 51.3. The Balaban J connectivity index is 4.45. The van der Waals surface area contributed by atoms with E-state index in [4.69, 9.17) is 14.2 Å². The summed E-state index contributed by atoms with van der Waals surface area (Å²) in [6, 6.07) is 0. The normalized spacial score (nSPS) is 12.5. The molecule has 0 aromatic carbocycles. The molecule has 0 spiro atoms. The lowest BCUT2D eigenvalue weighted by Crippen LogP contribution is -2.30. The first-order chi connectivity index (χ1) is 32.0. The Hall–Kier alpha value is -2.89. The molecule has 0 aliphatic carbocycles. The smallest absolute Gasteiger partial charge is 0.306 e. The van der Waals surface area contributed by atoms with E-state index in [0.29, 0.717) is 19.3 Å². The Morgan fingerprint density at radius 2 is 0.569 bits per heavy atom. The highest BCUT2D eigenvalue weighted by atomic mass is 16.6. The standard InChI is InChI=1S/C59H104O6/c1-4-7-10-13-16-19-22-25-27-29-31-34-37-40-43-46-49-52-58(61)64-55-56(54-63-57(60)51-48-45-42-39-36-33-24-21-18-15-12-9-6-3)65-59(62)53-50-47-44-41-38-35-32-30-28-26-23-20-17-14-11-8-5-2/h16,19,25-28,31,34,40,43,56H,4-15,17-18,20-24,29-30,32-33,35-39,41-42,44-55H2,1-3H3/t56-/m1/s1. The summed E-state index contributed by atoms with van der Waals surface area (Å²) < 4.78 is 16.8. The largest absolute Gasteiger partial charge is 0.462 e. The second-order valence-corrected chi connectivity index (χ2v) is 18.5. The van der Waals surface area contributed by atoms with Gasteiger partial charge >= 0.3 is 17.9 Å². The predicted molar refractivity (Wildman–Crippen MR) is 279 cm³/mol. The predicted octanol–water partition coefficient (Wildman–Crippen LogP) is 18.4. The fourth-order valence-corrected chi connectivity index (χ4v) is 7.78. The third-order valence-corrected chi connectivity index (χ3v) is 12.0. The van der Waals surface area contributed by atoms with E-state index in [2.05, 4.69) is 81.5 Å². The molecule has 6 heteroatoms. The maximum absolute atomic E-state index is 12.8. The van der Waals surface area contributed by atoms with Gasteiger partial charge in [-0.05, 0) is 83.5 Å². The molecule has 6 nitrogen and oxygen atoms in total. The summed E-state index contributed by atoms with van der Waals surface area (Å²) in [4.78, 5) is 38.1.